The standard InChI is InChI=1S/C39H44F5N5O5/c40-37(41)7-3-25(4-8-37)49-18-31(29-16-28(1-2-32(29)49)54-27-5-9-48(10-6-27)26-19-53-20-26)34-45-17-30(33(46-34)39(42,43)44)35(50)47-38(36(51)52)23-12-21-11-22(14-23)15-24(38)13-21/h1-2,16-18,21-27H,3-15,19-20H2,(H,47,50)(H,51,52). The number of nitrogens with one attached hydrogen (secondary N) is 1. The van der Waals surface area contributed by atoms with Crippen LogP contribution in [-0.2, 0) is 15.7 Å². The van der Waals surface area contributed by atoms with E-state index in [1.165, 1.54) is 0 Å². The number of rotatable bonds is 8. The molecule has 2 N–H and O–H groups in total. The van der Waals surface area contributed by atoms with Gasteiger partial charge in [-0.3, -0.25) is 9.69 Å². The molecule has 7 fully saturated rings. The van der Waals surface area contributed by atoms with Crippen LogP contribution in [-0.4, -0.2) is 86.3 Å². The first kappa shape index (κ1) is 35.8. The van der Waals surface area contributed by atoms with Crippen LogP contribution >= 0.6 is 0 Å². The van der Waals surface area contributed by atoms with E-state index in [2.05, 4.69) is 20.2 Å². The summed E-state index contributed by atoms with van der Waals surface area (Å²) in [5, 5.41) is 13.6. The van der Waals surface area contributed by atoms with E-state index < -0.39 is 40.8 Å². The maximum Gasteiger partial charge on any atom is 0.434 e. The number of nitrogens with zero attached hydrogens (tertiary/aromatic N) is 4. The molecule has 4 heterocycles. The van der Waals surface area contributed by atoms with E-state index >= 15 is 0 Å². The summed E-state index contributed by atoms with van der Waals surface area (Å²) >= 11 is 0. The number of aromatic nitrogens is 3. The van der Waals surface area contributed by atoms with Crippen molar-refractivity contribution < 1.29 is 46.1 Å². The van der Waals surface area contributed by atoms with Crippen molar-refractivity contribution in [2.24, 2.45) is 23.7 Å². The average molecular weight is 758 g/mol. The number of fused-ring (bicyclic) bond motifs is 1. The number of carboxylic acid groups (broad SMARTS) is 1. The lowest BCUT2D eigenvalue weighted by molar-refractivity contribution is -0.163. The number of benzene rings is 1. The minimum Gasteiger partial charge on any atom is -0.490 e. The molecule has 15 heteroatoms. The second kappa shape index (κ2) is 13.1. The van der Waals surface area contributed by atoms with E-state index in [1.54, 1.807) is 24.4 Å². The molecule has 0 atom stereocenters. The highest BCUT2D eigenvalue weighted by atomic mass is 19.4. The van der Waals surface area contributed by atoms with Crippen molar-refractivity contribution in [1.29, 1.82) is 0 Å². The van der Waals surface area contributed by atoms with Gasteiger partial charge in [-0.2, -0.15) is 13.2 Å². The first-order valence-electron chi connectivity index (χ1n) is 19.3. The van der Waals surface area contributed by atoms with Crippen LogP contribution in [0.5, 0.6) is 5.75 Å². The fraction of sp³-hybridized carbons (Fsp3) is 0.641. The molecule has 10 nitrogen and oxygen atoms in total. The smallest absolute Gasteiger partial charge is 0.434 e. The molecular formula is C39H44F5N5O5. The Morgan fingerprint density at radius 1 is 0.944 bits per heavy atom. The van der Waals surface area contributed by atoms with Crippen LogP contribution < -0.4 is 10.1 Å². The van der Waals surface area contributed by atoms with Gasteiger partial charge in [-0.15, -0.1) is 0 Å². The maximum atomic E-state index is 14.8. The van der Waals surface area contributed by atoms with Gasteiger partial charge in [0.25, 0.3) is 5.91 Å². The van der Waals surface area contributed by atoms with Gasteiger partial charge in [-0.25, -0.2) is 23.5 Å². The van der Waals surface area contributed by atoms with Gasteiger partial charge in [0.2, 0.25) is 5.92 Å². The lowest BCUT2D eigenvalue weighted by Crippen LogP contribution is -2.70. The Kier molecular flexibility index (Phi) is 8.71. The quantitative estimate of drug-likeness (QED) is 0.234. The fourth-order valence-corrected chi connectivity index (χ4v) is 10.8. The minimum atomic E-state index is -5.08. The number of ether oxygens (including phenoxy) is 2. The van der Waals surface area contributed by atoms with Crippen LogP contribution in [0.3, 0.4) is 0 Å². The van der Waals surface area contributed by atoms with Crippen LogP contribution in [0.25, 0.3) is 22.3 Å². The van der Waals surface area contributed by atoms with Crippen LogP contribution in [0, 0.1) is 23.7 Å². The molecule has 0 spiro atoms. The molecule has 2 saturated heterocycles. The molecule has 0 radical (unpaired) electrons. The maximum absolute atomic E-state index is 14.8. The number of aliphatic carboxylic acids is 1. The van der Waals surface area contributed by atoms with Crippen molar-refractivity contribution >= 4 is 22.8 Å². The molecule has 1 aromatic carbocycles. The third-order valence-corrected chi connectivity index (χ3v) is 13.4. The summed E-state index contributed by atoms with van der Waals surface area (Å²) in [7, 11) is 0. The Hall–Kier alpha value is -3.85. The summed E-state index contributed by atoms with van der Waals surface area (Å²) in [5.74, 6) is -4.94. The Labute approximate surface area is 308 Å². The molecule has 5 aliphatic carbocycles. The molecule has 1 amide bonds. The predicted octanol–water partition coefficient (Wildman–Crippen LogP) is 7.12. The van der Waals surface area contributed by atoms with Gasteiger partial charge in [0.05, 0.1) is 24.8 Å². The molecule has 7 aliphatic rings. The number of amides is 1. The van der Waals surface area contributed by atoms with E-state index in [0.29, 0.717) is 60.2 Å². The summed E-state index contributed by atoms with van der Waals surface area (Å²) < 4.78 is 86.4. The van der Waals surface area contributed by atoms with Crippen LogP contribution in [0.1, 0.15) is 92.7 Å². The highest BCUT2D eigenvalue weighted by Crippen LogP contribution is 2.58. The predicted molar refractivity (Wildman–Crippen MR) is 185 cm³/mol. The average Bonchev–Trinajstić information content (AvgIpc) is 3.47. The Bertz CT molecular complexity index is 1920. The molecule has 2 aliphatic heterocycles. The number of halogens is 5. The number of likely N-dealkylation sites (tertiary alicyclic amines) is 1. The van der Waals surface area contributed by atoms with Gasteiger partial charge in [0.15, 0.2) is 11.5 Å². The zero-order valence-corrected chi connectivity index (χ0v) is 29.8. The topological polar surface area (TPSA) is 119 Å². The zero-order chi connectivity index (χ0) is 37.6. The normalized spacial score (nSPS) is 30.4. The molecule has 54 heavy (non-hydrogen) atoms. The Morgan fingerprint density at radius 3 is 2.20 bits per heavy atom. The van der Waals surface area contributed by atoms with Crippen LogP contribution in [0.4, 0.5) is 22.0 Å². The summed E-state index contributed by atoms with van der Waals surface area (Å²) in [4.78, 5) is 37.3. The number of hydrogen-bond acceptors (Lipinski definition) is 7. The fourth-order valence-electron chi connectivity index (χ4n) is 10.8. The monoisotopic (exact) mass is 757 g/mol. The number of alkyl halides is 5. The van der Waals surface area contributed by atoms with Crippen molar-refractivity contribution in [1.82, 2.24) is 24.8 Å². The number of carboxylic acids is 1. The molecule has 0 unspecified atom stereocenters. The van der Waals surface area contributed by atoms with E-state index in [9.17, 15) is 36.6 Å². The number of carbonyl (C=O) groups excluding carboxylic acids is 1. The molecule has 10 rings (SSSR count). The largest absolute Gasteiger partial charge is 0.490 e. The third-order valence-electron chi connectivity index (χ3n) is 13.4. The first-order chi connectivity index (χ1) is 25.8. The summed E-state index contributed by atoms with van der Waals surface area (Å²) in [6.45, 7) is 3.18. The second-order valence-electron chi connectivity index (χ2n) is 16.6. The molecule has 3 aromatic rings. The van der Waals surface area contributed by atoms with Gasteiger partial charge in [-0.05, 0) is 99.7 Å². The third kappa shape index (κ3) is 6.22. The summed E-state index contributed by atoms with van der Waals surface area (Å²) in [6.07, 6.45) is 2.14. The van der Waals surface area contributed by atoms with E-state index in [1.807, 2.05) is 4.57 Å². The first-order valence-corrected chi connectivity index (χ1v) is 19.3. The molecule has 4 bridgehead atoms. The number of carbonyl (C=O) groups is 2. The van der Waals surface area contributed by atoms with E-state index in [0.717, 1.165) is 51.8 Å². The van der Waals surface area contributed by atoms with Gasteiger partial charge in [0, 0.05) is 60.8 Å². The van der Waals surface area contributed by atoms with Crippen molar-refractivity contribution in [3.8, 4) is 17.1 Å². The Morgan fingerprint density at radius 2 is 1.61 bits per heavy atom. The number of hydrogen-bond donors (Lipinski definition) is 2. The van der Waals surface area contributed by atoms with E-state index in [-0.39, 0.29) is 61.1 Å². The van der Waals surface area contributed by atoms with Gasteiger partial charge >= 0.3 is 12.1 Å². The lowest BCUT2D eigenvalue weighted by Gasteiger charge is -2.59. The van der Waals surface area contributed by atoms with Crippen molar-refractivity contribution in [2.75, 3.05) is 26.3 Å². The highest BCUT2D eigenvalue weighted by Gasteiger charge is 2.62. The zero-order valence-electron chi connectivity index (χ0n) is 29.8. The van der Waals surface area contributed by atoms with Gasteiger partial charge in [-0.1, -0.05) is 0 Å². The summed E-state index contributed by atoms with van der Waals surface area (Å²) in [5.41, 5.74) is -3.11. The van der Waals surface area contributed by atoms with Gasteiger partial charge < -0.3 is 24.5 Å². The minimum absolute atomic E-state index is 0.0692. The van der Waals surface area contributed by atoms with Crippen LogP contribution in [0.15, 0.2) is 30.6 Å². The van der Waals surface area contributed by atoms with E-state index in [4.69, 9.17) is 9.47 Å². The van der Waals surface area contributed by atoms with Crippen molar-refractivity contribution in [3.05, 3.63) is 41.9 Å². The molecule has 290 valence electrons. The lowest BCUT2D eigenvalue weighted by atomic mass is 9.48. The van der Waals surface area contributed by atoms with Crippen molar-refractivity contribution in [2.45, 2.75) is 106 Å². The van der Waals surface area contributed by atoms with Crippen molar-refractivity contribution in [3.63, 3.8) is 0 Å². The number of piperidine rings is 1. The highest BCUT2D eigenvalue weighted by molar-refractivity contribution is 6.00. The Balaban J connectivity index is 1.05. The summed E-state index contributed by atoms with van der Waals surface area (Å²) in [6, 6.07) is 5.44. The van der Waals surface area contributed by atoms with Crippen LogP contribution in [0.2, 0.25) is 0 Å². The SMILES string of the molecule is O=C(NC1(C(=O)O)C2CC3CC(C2)CC1C3)c1cnc(-c2cn(C3CCC(F)(F)CC3)c3ccc(OC4CCN(C5COC5)CC4)cc23)nc1C(F)(F)F. The van der Waals surface area contributed by atoms with Gasteiger partial charge in [0.1, 0.15) is 17.4 Å². The molecule has 5 saturated carbocycles. The molecular weight excluding hydrogens is 713 g/mol. The second-order valence-corrected chi connectivity index (χ2v) is 16.6. The molecule has 2 aromatic heterocycles.